The third-order valence-electron chi connectivity index (χ3n) is 5.30. The zero-order valence-electron chi connectivity index (χ0n) is 19.3. The second-order valence-corrected chi connectivity index (χ2v) is 9.42. The number of ether oxygens (including phenoxy) is 4. The van der Waals surface area contributed by atoms with Gasteiger partial charge in [-0.1, -0.05) is 0 Å². The third kappa shape index (κ3) is 5.53. The lowest BCUT2D eigenvalue weighted by molar-refractivity contribution is 0.0730. The van der Waals surface area contributed by atoms with Crippen molar-refractivity contribution in [1.82, 2.24) is 9.29 Å². The number of carbonyl (C=O) groups excluding carboxylic acids is 1. The van der Waals surface area contributed by atoms with Gasteiger partial charge in [-0.05, 0) is 42.5 Å². The van der Waals surface area contributed by atoms with E-state index in [0.29, 0.717) is 30.4 Å². The van der Waals surface area contributed by atoms with Crippen molar-refractivity contribution in [2.45, 2.75) is 4.90 Å². The first-order valence-electron chi connectivity index (χ1n) is 10.8. The van der Waals surface area contributed by atoms with Gasteiger partial charge in [-0.3, -0.25) is 9.78 Å². The summed E-state index contributed by atoms with van der Waals surface area (Å²) in [6.07, 6.45) is 3.25. The van der Waals surface area contributed by atoms with Crippen LogP contribution in [0.25, 0.3) is 0 Å². The van der Waals surface area contributed by atoms with Crippen molar-refractivity contribution >= 4 is 21.6 Å². The quantitative estimate of drug-likeness (QED) is 0.502. The fourth-order valence-electron chi connectivity index (χ4n) is 3.54. The molecule has 0 unspecified atom stereocenters. The third-order valence-corrected chi connectivity index (χ3v) is 7.18. The molecule has 1 aliphatic heterocycles. The Morgan fingerprint density at radius 1 is 0.971 bits per heavy atom. The number of hydrogen-bond acceptors (Lipinski definition) is 8. The Morgan fingerprint density at radius 2 is 1.63 bits per heavy atom. The highest BCUT2D eigenvalue weighted by atomic mass is 32.2. The zero-order chi connectivity index (χ0) is 24.8. The summed E-state index contributed by atoms with van der Waals surface area (Å²) in [5.41, 5.74) is 0.510. The van der Waals surface area contributed by atoms with Gasteiger partial charge in [0, 0.05) is 37.2 Å². The summed E-state index contributed by atoms with van der Waals surface area (Å²) in [6.45, 7) is 1.07. The molecule has 0 saturated carbocycles. The molecule has 0 radical (unpaired) electrons. The summed E-state index contributed by atoms with van der Waals surface area (Å²) in [5.74, 6) is 0.914. The van der Waals surface area contributed by atoms with E-state index in [4.69, 9.17) is 18.9 Å². The minimum Gasteiger partial charge on any atom is -0.493 e. The van der Waals surface area contributed by atoms with Crippen LogP contribution in [0, 0.1) is 0 Å². The van der Waals surface area contributed by atoms with E-state index in [1.165, 1.54) is 30.7 Å². The molecule has 184 valence electrons. The van der Waals surface area contributed by atoms with Crippen LogP contribution >= 0.6 is 0 Å². The Morgan fingerprint density at radius 3 is 2.26 bits per heavy atom. The van der Waals surface area contributed by atoms with E-state index in [1.807, 2.05) is 0 Å². The Kier molecular flexibility index (Phi) is 7.49. The van der Waals surface area contributed by atoms with E-state index in [-0.39, 0.29) is 35.0 Å². The predicted octanol–water partition coefficient (Wildman–Crippen LogP) is 3.16. The number of methoxy groups -OCH3 is 2. The van der Waals surface area contributed by atoms with E-state index in [1.54, 1.807) is 48.8 Å². The summed E-state index contributed by atoms with van der Waals surface area (Å²) in [4.78, 5) is 17.1. The van der Waals surface area contributed by atoms with Gasteiger partial charge >= 0.3 is 0 Å². The zero-order valence-corrected chi connectivity index (χ0v) is 20.1. The SMILES string of the molecule is COc1cc(S(=O)(=O)N2CCOCC2)cc(C(=O)Nc2ccc(Oc3ccncc3)cc2)c1OC. The molecule has 1 N–H and O–H groups in total. The van der Waals surface area contributed by atoms with Crippen molar-refractivity contribution in [3.05, 3.63) is 66.5 Å². The van der Waals surface area contributed by atoms with Crippen LogP contribution in [-0.2, 0) is 14.8 Å². The van der Waals surface area contributed by atoms with E-state index >= 15 is 0 Å². The van der Waals surface area contributed by atoms with Crippen LogP contribution in [0.1, 0.15) is 10.4 Å². The molecule has 1 amide bonds. The number of rotatable bonds is 8. The summed E-state index contributed by atoms with van der Waals surface area (Å²) < 4.78 is 49.4. The molecule has 1 saturated heterocycles. The van der Waals surface area contributed by atoms with Gasteiger partial charge in [0.2, 0.25) is 10.0 Å². The minimum absolute atomic E-state index is 0.0239. The molecule has 1 aliphatic rings. The second kappa shape index (κ2) is 10.7. The molecule has 2 aromatic carbocycles. The number of benzene rings is 2. The number of morpholine rings is 1. The standard InChI is InChI=1S/C24H25N3O7S/c1-31-22-16-20(35(29,30)27-11-13-33-14-12-27)15-21(23(22)32-2)24(28)26-17-3-5-18(6-4-17)34-19-7-9-25-10-8-19/h3-10,15-16H,11-14H2,1-2H3,(H,26,28). The fraction of sp³-hybridized carbons (Fsp3) is 0.250. The number of aromatic nitrogens is 1. The lowest BCUT2D eigenvalue weighted by Crippen LogP contribution is -2.40. The van der Waals surface area contributed by atoms with Gasteiger partial charge < -0.3 is 24.3 Å². The van der Waals surface area contributed by atoms with Crippen LogP contribution in [0.4, 0.5) is 5.69 Å². The molecule has 0 aliphatic carbocycles. The van der Waals surface area contributed by atoms with Crippen LogP contribution in [-0.4, -0.2) is 64.1 Å². The van der Waals surface area contributed by atoms with Crippen LogP contribution < -0.4 is 19.5 Å². The van der Waals surface area contributed by atoms with E-state index < -0.39 is 15.9 Å². The highest BCUT2D eigenvalue weighted by Gasteiger charge is 2.30. The van der Waals surface area contributed by atoms with Gasteiger partial charge in [-0.25, -0.2) is 8.42 Å². The molecule has 11 heteroatoms. The molecule has 0 spiro atoms. The van der Waals surface area contributed by atoms with Gasteiger partial charge in [0.05, 0.1) is 37.9 Å². The highest BCUT2D eigenvalue weighted by molar-refractivity contribution is 7.89. The maximum absolute atomic E-state index is 13.2. The number of amides is 1. The lowest BCUT2D eigenvalue weighted by Gasteiger charge is -2.26. The average Bonchev–Trinajstić information content (AvgIpc) is 2.90. The molecule has 0 atom stereocenters. The summed E-state index contributed by atoms with van der Waals surface area (Å²) in [6, 6.07) is 12.9. The number of nitrogens with zero attached hydrogens (tertiary/aromatic N) is 2. The molecule has 1 fully saturated rings. The van der Waals surface area contributed by atoms with Crippen molar-refractivity contribution in [2.24, 2.45) is 0 Å². The summed E-state index contributed by atoms with van der Waals surface area (Å²) in [7, 11) is -1.10. The lowest BCUT2D eigenvalue weighted by atomic mass is 10.1. The fourth-order valence-corrected chi connectivity index (χ4v) is 4.99. The van der Waals surface area contributed by atoms with Crippen molar-refractivity contribution in [2.75, 3.05) is 45.8 Å². The van der Waals surface area contributed by atoms with E-state index in [0.717, 1.165) is 0 Å². The van der Waals surface area contributed by atoms with Crippen molar-refractivity contribution in [3.8, 4) is 23.0 Å². The molecule has 2 heterocycles. The first kappa shape index (κ1) is 24.5. The Balaban J connectivity index is 1.59. The number of hydrogen-bond donors (Lipinski definition) is 1. The first-order chi connectivity index (χ1) is 16.9. The minimum atomic E-state index is -3.87. The summed E-state index contributed by atoms with van der Waals surface area (Å²) >= 11 is 0. The molecular weight excluding hydrogens is 474 g/mol. The van der Waals surface area contributed by atoms with Crippen LogP contribution in [0.15, 0.2) is 65.8 Å². The maximum atomic E-state index is 13.2. The van der Waals surface area contributed by atoms with Gasteiger partial charge in [0.1, 0.15) is 11.5 Å². The number of carbonyl (C=O) groups is 1. The number of sulfonamides is 1. The normalized spacial score (nSPS) is 14.2. The topological polar surface area (TPSA) is 116 Å². The molecule has 35 heavy (non-hydrogen) atoms. The maximum Gasteiger partial charge on any atom is 0.259 e. The van der Waals surface area contributed by atoms with E-state index in [9.17, 15) is 13.2 Å². The monoisotopic (exact) mass is 499 g/mol. The Labute approximate surface area is 203 Å². The largest absolute Gasteiger partial charge is 0.493 e. The Hall–Kier alpha value is -3.67. The molecule has 0 bridgehead atoms. The first-order valence-corrected chi connectivity index (χ1v) is 12.2. The van der Waals surface area contributed by atoms with Crippen LogP contribution in [0.5, 0.6) is 23.0 Å². The number of nitrogens with one attached hydrogen (secondary N) is 1. The molecule has 4 rings (SSSR count). The van der Waals surface area contributed by atoms with Gasteiger partial charge in [0.25, 0.3) is 5.91 Å². The van der Waals surface area contributed by atoms with Gasteiger partial charge in [0.15, 0.2) is 11.5 Å². The van der Waals surface area contributed by atoms with Crippen molar-refractivity contribution in [3.63, 3.8) is 0 Å². The molecule has 1 aromatic heterocycles. The van der Waals surface area contributed by atoms with Crippen molar-refractivity contribution < 1.29 is 32.2 Å². The van der Waals surface area contributed by atoms with Crippen LogP contribution in [0.2, 0.25) is 0 Å². The van der Waals surface area contributed by atoms with Gasteiger partial charge in [-0.15, -0.1) is 0 Å². The highest BCUT2D eigenvalue weighted by Crippen LogP contribution is 2.36. The molecule has 3 aromatic rings. The Bertz CT molecular complexity index is 1280. The number of anilines is 1. The predicted molar refractivity (Wildman–Crippen MR) is 128 cm³/mol. The summed E-state index contributed by atoms with van der Waals surface area (Å²) in [5, 5.41) is 2.77. The second-order valence-electron chi connectivity index (χ2n) is 7.49. The van der Waals surface area contributed by atoms with Crippen molar-refractivity contribution in [1.29, 1.82) is 0 Å². The molecular formula is C24H25N3O7S. The smallest absolute Gasteiger partial charge is 0.259 e. The number of pyridine rings is 1. The average molecular weight is 500 g/mol. The van der Waals surface area contributed by atoms with Gasteiger partial charge in [-0.2, -0.15) is 4.31 Å². The van der Waals surface area contributed by atoms with Crippen LogP contribution in [0.3, 0.4) is 0 Å². The van der Waals surface area contributed by atoms with E-state index in [2.05, 4.69) is 10.3 Å². The molecule has 10 nitrogen and oxygen atoms in total.